The number of carbonyl (C=O) groups is 2. The summed E-state index contributed by atoms with van der Waals surface area (Å²) in [6.45, 7) is 4.04. The maximum atomic E-state index is 13.5. The first-order valence-electron chi connectivity index (χ1n) is 16.5. The van der Waals surface area contributed by atoms with Crippen LogP contribution < -0.4 is 15.0 Å². The van der Waals surface area contributed by atoms with Crippen LogP contribution in [0.4, 0.5) is 18.9 Å². The standard InChI is InChI=1S/C38H33F3N6O4S2/c1-3-27-11-7-8-24(2)33(27)47-32(48)22-53-37(47)44-36(52)43-31(35(49)50-21-26-9-5-4-6-10-26)20-25-12-14-28(15-13-25)34-42-23-46(45-34)29-16-18-30(19-17-29)51-38(39,40)41/h4-19,23,31H,3,20-22H2,1-2H3,(H,43,52). The Hall–Kier alpha value is -5.54. The lowest BCUT2D eigenvalue weighted by Crippen LogP contribution is -2.43. The molecule has 0 bridgehead atoms. The van der Waals surface area contributed by atoms with Crippen molar-refractivity contribution < 1.29 is 32.2 Å². The number of ether oxygens (including phenoxy) is 2. The molecule has 0 aliphatic carbocycles. The summed E-state index contributed by atoms with van der Waals surface area (Å²) in [6.07, 6.45) is -2.41. The second kappa shape index (κ2) is 16.4. The highest BCUT2D eigenvalue weighted by Crippen LogP contribution is 2.33. The lowest BCUT2D eigenvalue weighted by Gasteiger charge is -2.22. The molecular formula is C38H33F3N6O4S2. The van der Waals surface area contributed by atoms with E-state index in [-0.39, 0.29) is 35.5 Å². The van der Waals surface area contributed by atoms with Crippen LogP contribution in [0.3, 0.4) is 0 Å². The highest BCUT2D eigenvalue weighted by molar-refractivity contribution is 8.15. The van der Waals surface area contributed by atoms with E-state index in [0.29, 0.717) is 22.2 Å². The van der Waals surface area contributed by atoms with E-state index < -0.39 is 18.4 Å². The van der Waals surface area contributed by atoms with Gasteiger partial charge < -0.3 is 14.8 Å². The van der Waals surface area contributed by atoms with Crippen LogP contribution in [-0.4, -0.2) is 55.1 Å². The number of hydrogen-bond donors (Lipinski definition) is 1. The number of hydrogen-bond acceptors (Lipinski definition) is 8. The second-order valence-electron chi connectivity index (χ2n) is 11.9. The molecule has 15 heteroatoms. The maximum Gasteiger partial charge on any atom is 0.573 e. The second-order valence-corrected chi connectivity index (χ2v) is 13.2. The maximum absolute atomic E-state index is 13.5. The van der Waals surface area contributed by atoms with E-state index in [1.165, 1.54) is 47.0 Å². The number of nitrogens with zero attached hydrogens (tertiary/aromatic N) is 5. The summed E-state index contributed by atoms with van der Waals surface area (Å²) < 4.78 is 48.7. The molecule has 6 rings (SSSR count). The number of amides is 1. The Morgan fingerprint density at radius 1 is 1.00 bits per heavy atom. The highest BCUT2D eigenvalue weighted by atomic mass is 32.2. The molecular weight excluding hydrogens is 726 g/mol. The van der Waals surface area contributed by atoms with Gasteiger partial charge in [0.25, 0.3) is 0 Å². The van der Waals surface area contributed by atoms with Gasteiger partial charge in [-0.25, -0.2) is 14.5 Å². The molecule has 5 aromatic rings. The topological polar surface area (TPSA) is 111 Å². The van der Waals surface area contributed by atoms with Crippen LogP contribution in [0.25, 0.3) is 17.1 Å². The van der Waals surface area contributed by atoms with Crippen LogP contribution in [0.5, 0.6) is 5.75 Å². The third-order valence-corrected chi connectivity index (χ3v) is 9.31. The van der Waals surface area contributed by atoms with Gasteiger partial charge in [-0.15, -0.1) is 18.3 Å². The van der Waals surface area contributed by atoms with E-state index in [2.05, 4.69) is 25.1 Å². The number of alkyl halides is 3. The minimum atomic E-state index is -4.79. The smallest absolute Gasteiger partial charge is 0.459 e. The van der Waals surface area contributed by atoms with E-state index >= 15 is 0 Å². The van der Waals surface area contributed by atoms with Gasteiger partial charge in [-0.05, 0) is 72.1 Å². The molecule has 1 unspecified atom stereocenters. The van der Waals surface area contributed by atoms with Gasteiger partial charge in [-0.3, -0.25) is 9.69 Å². The van der Waals surface area contributed by atoms with Crippen LogP contribution in [-0.2, 0) is 33.8 Å². The monoisotopic (exact) mass is 758 g/mol. The Balaban J connectivity index is 1.18. The number of benzene rings is 4. The molecule has 1 aromatic heterocycles. The summed E-state index contributed by atoms with van der Waals surface area (Å²) in [6, 6.07) is 26.8. The van der Waals surface area contributed by atoms with Crippen molar-refractivity contribution in [2.24, 2.45) is 4.99 Å². The van der Waals surface area contributed by atoms with E-state index in [0.717, 1.165) is 34.4 Å². The summed E-state index contributed by atoms with van der Waals surface area (Å²) in [4.78, 5) is 37.2. The number of rotatable bonds is 11. The number of amidine groups is 1. The molecule has 1 N–H and O–H groups in total. The van der Waals surface area contributed by atoms with Gasteiger partial charge in [-0.2, -0.15) is 4.99 Å². The number of thiocarbonyl (C=S) groups is 1. The summed E-state index contributed by atoms with van der Waals surface area (Å²) in [7, 11) is 0. The molecule has 10 nitrogen and oxygen atoms in total. The average molecular weight is 759 g/mol. The lowest BCUT2D eigenvalue weighted by molar-refractivity contribution is -0.274. The first kappa shape index (κ1) is 37.2. The molecule has 1 aliphatic heterocycles. The van der Waals surface area contributed by atoms with Crippen LogP contribution in [0.2, 0.25) is 0 Å². The largest absolute Gasteiger partial charge is 0.573 e. The van der Waals surface area contributed by atoms with Crippen molar-refractivity contribution in [3.8, 4) is 22.8 Å². The molecule has 53 heavy (non-hydrogen) atoms. The van der Waals surface area contributed by atoms with E-state index in [9.17, 15) is 22.8 Å². The van der Waals surface area contributed by atoms with Crippen LogP contribution in [0.1, 0.15) is 29.2 Å². The van der Waals surface area contributed by atoms with Gasteiger partial charge in [0.15, 0.2) is 16.1 Å². The van der Waals surface area contributed by atoms with Crippen molar-refractivity contribution in [3.05, 3.63) is 126 Å². The molecule has 1 atom stereocenters. The molecule has 1 saturated heterocycles. The zero-order chi connectivity index (χ0) is 37.5. The third-order valence-electron chi connectivity index (χ3n) is 8.17. The average Bonchev–Trinajstić information content (AvgIpc) is 3.77. The number of nitrogens with one attached hydrogen (secondary N) is 1. The number of carbonyl (C=O) groups excluding carboxylic acids is 2. The predicted molar refractivity (Wildman–Crippen MR) is 201 cm³/mol. The minimum Gasteiger partial charge on any atom is -0.459 e. The summed E-state index contributed by atoms with van der Waals surface area (Å²) in [5, 5.41) is 7.98. The van der Waals surface area contributed by atoms with Crippen LogP contribution in [0.15, 0.2) is 108 Å². The molecule has 2 heterocycles. The molecule has 0 saturated carbocycles. The van der Waals surface area contributed by atoms with Crippen LogP contribution in [0, 0.1) is 6.92 Å². The first-order valence-corrected chi connectivity index (χ1v) is 17.9. The van der Waals surface area contributed by atoms with E-state index in [1.807, 2.05) is 74.5 Å². The number of halogens is 3. The Labute approximate surface area is 313 Å². The molecule has 4 aromatic carbocycles. The third kappa shape index (κ3) is 9.47. The Morgan fingerprint density at radius 3 is 2.43 bits per heavy atom. The predicted octanol–water partition coefficient (Wildman–Crippen LogP) is 7.37. The Kier molecular flexibility index (Phi) is 11.5. The van der Waals surface area contributed by atoms with Crippen molar-refractivity contribution >= 4 is 51.8 Å². The normalized spacial score (nSPS) is 14.3. The number of aliphatic imine (C=N–C) groups is 1. The molecule has 1 aliphatic rings. The molecule has 0 radical (unpaired) electrons. The number of aromatic nitrogens is 3. The fourth-order valence-electron chi connectivity index (χ4n) is 5.63. The fraction of sp³-hybridized carbons (Fsp3) is 0.211. The number of para-hydroxylation sites is 1. The van der Waals surface area contributed by atoms with Gasteiger partial charge in [-0.1, -0.05) is 91.5 Å². The fourth-order valence-corrected chi connectivity index (χ4v) is 6.77. The van der Waals surface area contributed by atoms with Gasteiger partial charge in [0.2, 0.25) is 5.91 Å². The molecule has 1 fully saturated rings. The summed E-state index contributed by atoms with van der Waals surface area (Å²) in [5.41, 5.74) is 5.50. The van der Waals surface area contributed by atoms with Crippen molar-refractivity contribution in [3.63, 3.8) is 0 Å². The van der Waals surface area contributed by atoms with Gasteiger partial charge in [0, 0.05) is 12.0 Å². The number of esters is 1. The van der Waals surface area contributed by atoms with Gasteiger partial charge in [0.1, 0.15) is 24.7 Å². The van der Waals surface area contributed by atoms with Crippen molar-refractivity contribution in [2.75, 3.05) is 10.7 Å². The molecule has 1 amide bonds. The molecule has 0 spiro atoms. The Morgan fingerprint density at radius 2 is 1.74 bits per heavy atom. The van der Waals surface area contributed by atoms with Gasteiger partial charge >= 0.3 is 12.3 Å². The lowest BCUT2D eigenvalue weighted by atomic mass is 10.0. The summed E-state index contributed by atoms with van der Waals surface area (Å²) >= 11 is 6.92. The Bertz CT molecular complexity index is 2120. The van der Waals surface area contributed by atoms with Gasteiger partial charge in [0.05, 0.1) is 17.1 Å². The van der Waals surface area contributed by atoms with E-state index in [1.54, 1.807) is 17.0 Å². The van der Waals surface area contributed by atoms with Crippen molar-refractivity contribution in [1.29, 1.82) is 0 Å². The first-order chi connectivity index (χ1) is 25.5. The number of aryl methyl sites for hydroxylation is 2. The highest BCUT2D eigenvalue weighted by Gasteiger charge is 2.33. The minimum absolute atomic E-state index is 0.0323. The quantitative estimate of drug-likeness (QED) is 0.109. The zero-order valence-electron chi connectivity index (χ0n) is 28.5. The summed E-state index contributed by atoms with van der Waals surface area (Å²) in [5.74, 6) is -0.387. The zero-order valence-corrected chi connectivity index (χ0v) is 30.2. The number of anilines is 1. The molecule has 272 valence electrons. The van der Waals surface area contributed by atoms with Crippen LogP contribution >= 0.6 is 24.0 Å². The van der Waals surface area contributed by atoms with E-state index in [4.69, 9.17) is 17.0 Å². The van der Waals surface area contributed by atoms with Crippen molar-refractivity contribution in [1.82, 2.24) is 20.1 Å². The number of thioether (sulfide) groups is 1. The van der Waals surface area contributed by atoms with Crippen molar-refractivity contribution in [2.45, 2.75) is 45.7 Å². The SMILES string of the molecule is CCc1cccc(C)c1N1C(=O)CSC1=NC(=S)NC(Cc1ccc(-c2ncn(-c3ccc(OC(F)(F)F)cc3)n2)cc1)C(=O)OCc1ccccc1.